The number of halogens is 3. The van der Waals surface area contributed by atoms with Crippen molar-refractivity contribution in [3.05, 3.63) is 18.2 Å². The highest BCUT2D eigenvalue weighted by Crippen LogP contribution is 2.33. The van der Waals surface area contributed by atoms with Crippen molar-refractivity contribution < 1.29 is 27.8 Å². The van der Waals surface area contributed by atoms with Gasteiger partial charge in [0.2, 0.25) is 5.91 Å². The van der Waals surface area contributed by atoms with E-state index in [-0.39, 0.29) is 30.5 Å². The van der Waals surface area contributed by atoms with Gasteiger partial charge in [-0.1, -0.05) is 0 Å². The molecule has 0 aliphatic carbocycles. The van der Waals surface area contributed by atoms with E-state index in [1.54, 1.807) is 0 Å². The van der Waals surface area contributed by atoms with E-state index in [2.05, 4.69) is 4.74 Å². The summed E-state index contributed by atoms with van der Waals surface area (Å²) in [5.74, 6) is -0.850. The van der Waals surface area contributed by atoms with Crippen LogP contribution in [0.4, 0.5) is 24.5 Å². The van der Waals surface area contributed by atoms with Crippen molar-refractivity contribution in [1.29, 1.82) is 0 Å². The Morgan fingerprint density at radius 3 is 2.65 bits per heavy atom. The van der Waals surface area contributed by atoms with Gasteiger partial charge in [-0.2, -0.15) is 0 Å². The summed E-state index contributed by atoms with van der Waals surface area (Å²) < 4.78 is 40.0. The molecule has 1 aliphatic heterocycles. The fourth-order valence-corrected chi connectivity index (χ4v) is 2.11. The number of nitrogens with zero attached hydrogens (tertiary/aromatic N) is 1. The lowest BCUT2D eigenvalue weighted by Crippen LogP contribution is -2.26. The molecule has 1 aromatic rings. The van der Waals surface area contributed by atoms with Crippen molar-refractivity contribution in [3.63, 3.8) is 0 Å². The molecule has 1 fully saturated rings. The van der Waals surface area contributed by atoms with E-state index in [1.165, 1.54) is 11.0 Å². The Balaban J connectivity index is 2.20. The first-order valence-corrected chi connectivity index (χ1v) is 5.86. The lowest BCUT2D eigenvalue weighted by Gasteiger charge is -2.19. The molecule has 1 atom stereocenters. The molecule has 5 nitrogen and oxygen atoms in total. The van der Waals surface area contributed by atoms with Crippen molar-refractivity contribution in [2.45, 2.75) is 12.8 Å². The van der Waals surface area contributed by atoms with Crippen LogP contribution < -0.4 is 15.4 Å². The Morgan fingerprint density at radius 2 is 2.15 bits per heavy atom. The van der Waals surface area contributed by atoms with Gasteiger partial charge in [-0.15, -0.1) is 13.2 Å². The summed E-state index contributed by atoms with van der Waals surface area (Å²) in [6.07, 6.45) is -4.60. The largest absolute Gasteiger partial charge is 0.573 e. The normalized spacial score (nSPS) is 19.5. The lowest BCUT2D eigenvalue weighted by atomic mass is 10.1. The SMILES string of the molecule is Nc1cc(OC(F)(F)F)ccc1N1CC(CO)CC1=O. The minimum atomic E-state index is -4.79. The van der Waals surface area contributed by atoms with Gasteiger partial charge in [-0.05, 0) is 12.1 Å². The van der Waals surface area contributed by atoms with Crippen molar-refractivity contribution in [2.24, 2.45) is 5.92 Å². The first-order chi connectivity index (χ1) is 9.30. The molecule has 1 aromatic carbocycles. The van der Waals surface area contributed by atoms with Crippen LogP contribution in [-0.2, 0) is 4.79 Å². The topological polar surface area (TPSA) is 75.8 Å². The first kappa shape index (κ1) is 14.4. The van der Waals surface area contributed by atoms with E-state index < -0.39 is 12.1 Å². The number of anilines is 2. The lowest BCUT2D eigenvalue weighted by molar-refractivity contribution is -0.274. The minimum absolute atomic E-state index is 0.0127. The monoisotopic (exact) mass is 290 g/mol. The maximum atomic E-state index is 12.1. The zero-order valence-electron chi connectivity index (χ0n) is 10.4. The summed E-state index contributed by atoms with van der Waals surface area (Å²) >= 11 is 0. The number of aliphatic hydroxyl groups excluding tert-OH is 1. The summed E-state index contributed by atoms with van der Waals surface area (Å²) in [5.41, 5.74) is 6.00. The molecule has 2 rings (SSSR count). The van der Waals surface area contributed by atoms with Crippen LogP contribution in [0.15, 0.2) is 18.2 Å². The van der Waals surface area contributed by atoms with E-state index >= 15 is 0 Å². The molecule has 0 aromatic heterocycles. The second-order valence-electron chi connectivity index (χ2n) is 4.53. The van der Waals surface area contributed by atoms with Gasteiger partial charge in [0.15, 0.2) is 0 Å². The number of hydrogen-bond acceptors (Lipinski definition) is 4. The van der Waals surface area contributed by atoms with Crippen LogP contribution in [-0.4, -0.2) is 30.5 Å². The van der Waals surface area contributed by atoms with Gasteiger partial charge in [0.05, 0.1) is 11.4 Å². The Hall–Kier alpha value is -1.96. The third kappa shape index (κ3) is 3.13. The van der Waals surface area contributed by atoms with Crippen molar-refractivity contribution >= 4 is 17.3 Å². The summed E-state index contributed by atoms with van der Waals surface area (Å²) in [4.78, 5) is 13.1. The smallest absolute Gasteiger partial charge is 0.406 e. The van der Waals surface area contributed by atoms with Gasteiger partial charge in [0.25, 0.3) is 0 Å². The van der Waals surface area contributed by atoms with Crippen LogP contribution in [0.2, 0.25) is 0 Å². The molecule has 1 heterocycles. The number of nitrogen functional groups attached to an aromatic ring is 1. The maximum Gasteiger partial charge on any atom is 0.573 e. The highest BCUT2D eigenvalue weighted by atomic mass is 19.4. The number of carbonyl (C=O) groups is 1. The number of hydrogen-bond donors (Lipinski definition) is 2. The van der Waals surface area contributed by atoms with Crippen molar-refractivity contribution in [1.82, 2.24) is 0 Å². The second-order valence-corrected chi connectivity index (χ2v) is 4.53. The number of benzene rings is 1. The van der Waals surface area contributed by atoms with Crippen LogP contribution >= 0.6 is 0 Å². The minimum Gasteiger partial charge on any atom is -0.406 e. The van der Waals surface area contributed by atoms with Crippen LogP contribution in [0, 0.1) is 5.92 Å². The third-order valence-electron chi connectivity index (χ3n) is 2.99. The van der Waals surface area contributed by atoms with Crippen molar-refractivity contribution in [3.8, 4) is 5.75 Å². The van der Waals surface area contributed by atoms with Crippen LogP contribution in [0.1, 0.15) is 6.42 Å². The van der Waals surface area contributed by atoms with E-state index in [0.29, 0.717) is 12.2 Å². The fourth-order valence-electron chi connectivity index (χ4n) is 2.11. The molecule has 1 saturated heterocycles. The Labute approximate surface area is 112 Å². The predicted octanol–water partition coefficient (Wildman–Crippen LogP) is 1.51. The highest BCUT2D eigenvalue weighted by Gasteiger charge is 2.33. The zero-order chi connectivity index (χ0) is 14.9. The molecule has 0 spiro atoms. The third-order valence-corrected chi connectivity index (χ3v) is 2.99. The van der Waals surface area contributed by atoms with Crippen LogP contribution in [0.25, 0.3) is 0 Å². The molecule has 0 bridgehead atoms. The predicted molar refractivity (Wildman–Crippen MR) is 65.1 cm³/mol. The number of amides is 1. The van der Waals surface area contributed by atoms with E-state index in [1.807, 2.05) is 0 Å². The average Bonchev–Trinajstić information content (AvgIpc) is 2.69. The first-order valence-electron chi connectivity index (χ1n) is 5.86. The molecule has 20 heavy (non-hydrogen) atoms. The Bertz CT molecular complexity index is 519. The van der Waals surface area contributed by atoms with E-state index in [0.717, 1.165) is 12.1 Å². The standard InChI is InChI=1S/C12H13F3N2O3/c13-12(14,15)20-8-1-2-10(9(16)4-8)17-5-7(6-18)3-11(17)19/h1-2,4,7,18H,3,5-6,16H2. The molecule has 110 valence electrons. The summed E-state index contributed by atoms with van der Waals surface area (Å²) in [7, 11) is 0. The molecular formula is C12H13F3N2O3. The highest BCUT2D eigenvalue weighted by molar-refractivity contribution is 5.98. The molecule has 1 amide bonds. The summed E-state index contributed by atoms with van der Waals surface area (Å²) in [6, 6.07) is 3.41. The molecular weight excluding hydrogens is 277 g/mol. The number of carbonyl (C=O) groups excluding carboxylic acids is 1. The number of alkyl halides is 3. The van der Waals surface area contributed by atoms with Crippen LogP contribution in [0.3, 0.4) is 0 Å². The Morgan fingerprint density at radius 1 is 1.45 bits per heavy atom. The molecule has 0 radical (unpaired) electrons. The molecule has 3 N–H and O–H groups in total. The number of rotatable bonds is 3. The molecule has 8 heteroatoms. The molecule has 1 unspecified atom stereocenters. The second kappa shape index (κ2) is 5.20. The zero-order valence-corrected chi connectivity index (χ0v) is 10.4. The number of nitrogens with two attached hydrogens (primary N) is 1. The van der Waals surface area contributed by atoms with E-state index in [9.17, 15) is 18.0 Å². The van der Waals surface area contributed by atoms with Gasteiger partial charge < -0.3 is 20.5 Å². The molecule has 0 saturated carbocycles. The van der Waals surface area contributed by atoms with Gasteiger partial charge >= 0.3 is 6.36 Å². The van der Waals surface area contributed by atoms with Crippen LogP contribution in [0.5, 0.6) is 5.75 Å². The quantitative estimate of drug-likeness (QED) is 0.827. The van der Waals surface area contributed by atoms with E-state index in [4.69, 9.17) is 10.8 Å². The van der Waals surface area contributed by atoms with Gasteiger partial charge in [-0.3, -0.25) is 4.79 Å². The van der Waals surface area contributed by atoms with Gasteiger partial charge in [0, 0.05) is 31.6 Å². The Kier molecular flexibility index (Phi) is 3.76. The molecule has 1 aliphatic rings. The number of ether oxygens (including phenoxy) is 1. The maximum absolute atomic E-state index is 12.1. The van der Waals surface area contributed by atoms with Gasteiger partial charge in [-0.25, -0.2) is 0 Å². The fraction of sp³-hybridized carbons (Fsp3) is 0.417. The van der Waals surface area contributed by atoms with Gasteiger partial charge in [0.1, 0.15) is 5.75 Å². The van der Waals surface area contributed by atoms with Crippen molar-refractivity contribution in [2.75, 3.05) is 23.8 Å². The summed E-state index contributed by atoms with van der Waals surface area (Å²) in [6.45, 7) is 0.163. The summed E-state index contributed by atoms with van der Waals surface area (Å²) in [5, 5.41) is 9.03. The number of aliphatic hydroxyl groups is 1. The average molecular weight is 290 g/mol.